The standard InChI is InChI=1S/C8H14N3O/c12-8(7-5-10-6-7)11-3-1-9-2-4-11/h7,10H,1-6H2. The molecule has 2 heterocycles. The van der Waals surface area contributed by atoms with Crippen LogP contribution in [0.3, 0.4) is 0 Å². The Morgan fingerprint density at radius 1 is 1.33 bits per heavy atom. The lowest BCUT2D eigenvalue weighted by Gasteiger charge is -2.34. The van der Waals surface area contributed by atoms with Gasteiger partial charge >= 0.3 is 0 Å². The predicted octanol–water partition coefficient (Wildman–Crippen LogP) is -1.35. The summed E-state index contributed by atoms with van der Waals surface area (Å²) in [6.07, 6.45) is 0. The van der Waals surface area contributed by atoms with E-state index in [2.05, 4.69) is 10.6 Å². The lowest BCUT2D eigenvalue weighted by Crippen LogP contribution is -2.55. The van der Waals surface area contributed by atoms with Crippen molar-refractivity contribution in [2.45, 2.75) is 0 Å². The number of nitrogens with one attached hydrogen (secondary N) is 1. The van der Waals surface area contributed by atoms with Crippen LogP contribution >= 0.6 is 0 Å². The van der Waals surface area contributed by atoms with Crippen molar-refractivity contribution in [1.29, 1.82) is 0 Å². The van der Waals surface area contributed by atoms with Crippen LogP contribution in [-0.4, -0.2) is 50.1 Å². The first kappa shape index (κ1) is 8.01. The molecule has 0 aromatic heterocycles. The average molecular weight is 168 g/mol. The van der Waals surface area contributed by atoms with Gasteiger partial charge in [0, 0.05) is 39.3 Å². The van der Waals surface area contributed by atoms with Gasteiger partial charge in [-0.15, -0.1) is 0 Å². The number of carbonyl (C=O) groups excluding carboxylic acids is 1. The van der Waals surface area contributed by atoms with E-state index in [0.717, 1.165) is 39.3 Å². The fraction of sp³-hybridized carbons (Fsp3) is 0.875. The van der Waals surface area contributed by atoms with Crippen molar-refractivity contribution >= 4 is 5.91 Å². The number of carbonyl (C=O) groups is 1. The molecule has 0 saturated carbocycles. The molecule has 1 N–H and O–H groups in total. The van der Waals surface area contributed by atoms with E-state index in [0.29, 0.717) is 5.91 Å². The van der Waals surface area contributed by atoms with Crippen molar-refractivity contribution in [1.82, 2.24) is 15.5 Å². The number of hydrogen-bond donors (Lipinski definition) is 1. The van der Waals surface area contributed by atoms with Crippen molar-refractivity contribution in [2.75, 3.05) is 39.3 Å². The molecule has 0 aromatic carbocycles. The minimum atomic E-state index is 0.253. The molecule has 4 heteroatoms. The molecule has 1 radical (unpaired) electrons. The highest BCUT2D eigenvalue weighted by atomic mass is 16.2. The first-order valence-corrected chi connectivity index (χ1v) is 4.50. The number of hydrogen-bond acceptors (Lipinski definition) is 2. The number of piperazine rings is 1. The van der Waals surface area contributed by atoms with Gasteiger partial charge < -0.3 is 10.2 Å². The molecule has 67 valence electrons. The zero-order chi connectivity index (χ0) is 8.39. The first-order valence-electron chi connectivity index (χ1n) is 4.50. The maximum absolute atomic E-state index is 11.6. The molecule has 2 fully saturated rings. The van der Waals surface area contributed by atoms with Crippen LogP contribution < -0.4 is 10.6 Å². The normalized spacial score (nSPS) is 25.2. The van der Waals surface area contributed by atoms with Crippen LogP contribution in [0.15, 0.2) is 0 Å². The molecule has 4 nitrogen and oxygen atoms in total. The van der Waals surface area contributed by atoms with Gasteiger partial charge in [-0.2, -0.15) is 0 Å². The van der Waals surface area contributed by atoms with Crippen molar-refractivity contribution in [2.24, 2.45) is 5.92 Å². The summed E-state index contributed by atoms with van der Waals surface area (Å²) < 4.78 is 0. The molecule has 0 spiro atoms. The predicted molar refractivity (Wildman–Crippen MR) is 44.8 cm³/mol. The highest BCUT2D eigenvalue weighted by Gasteiger charge is 2.29. The summed E-state index contributed by atoms with van der Waals surface area (Å²) in [5.74, 6) is 0.576. The maximum atomic E-state index is 11.6. The highest BCUT2D eigenvalue weighted by Crippen LogP contribution is 2.08. The van der Waals surface area contributed by atoms with Crippen LogP contribution in [0, 0.1) is 5.92 Å². The van der Waals surface area contributed by atoms with Gasteiger partial charge in [0.05, 0.1) is 5.92 Å². The molecule has 12 heavy (non-hydrogen) atoms. The molecular formula is C8H14N3O. The summed E-state index contributed by atoms with van der Waals surface area (Å²) in [4.78, 5) is 13.6. The van der Waals surface area contributed by atoms with Gasteiger partial charge in [0.15, 0.2) is 0 Å². The molecule has 2 rings (SSSR count). The minimum absolute atomic E-state index is 0.253. The Morgan fingerprint density at radius 2 is 2.00 bits per heavy atom. The van der Waals surface area contributed by atoms with Crippen LogP contribution in [0.25, 0.3) is 0 Å². The SMILES string of the molecule is O=C(C1CNC1)N1CC[N]CC1. The summed E-state index contributed by atoms with van der Waals surface area (Å²) >= 11 is 0. The van der Waals surface area contributed by atoms with Crippen LogP contribution in [0.1, 0.15) is 0 Å². The Kier molecular flexibility index (Phi) is 2.28. The smallest absolute Gasteiger partial charge is 0.228 e. The molecule has 0 aromatic rings. The van der Waals surface area contributed by atoms with Crippen LogP contribution in [-0.2, 0) is 4.79 Å². The average Bonchev–Trinajstić information content (AvgIpc) is 2.03. The summed E-state index contributed by atoms with van der Waals surface area (Å²) in [5, 5.41) is 7.31. The van der Waals surface area contributed by atoms with Crippen LogP contribution in [0.5, 0.6) is 0 Å². The Labute approximate surface area is 72.3 Å². The van der Waals surface area contributed by atoms with E-state index in [4.69, 9.17) is 0 Å². The quantitative estimate of drug-likeness (QED) is 0.526. The van der Waals surface area contributed by atoms with Crippen LogP contribution in [0.4, 0.5) is 0 Å². The zero-order valence-corrected chi connectivity index (χ0v) is 7.12. The van der Waals surface area contributed by atoms with Gasteiger partial charge in [-0.05, 0) is 0 Å². The molecule has 1 amide bonds. The van der Waals surface area contributed by atoms with Crippen molar-refractivity contribution in [3.8, 4) is 0 Å². The van der Waals surface area contributed by atoms with Crippen molar-refractivity contribution in [3.63, 3.8) is 0 Å². The second kappa shape index (κ2) is 3.41. The Hall–Kier alpha value is -0.610. The molecule has 0 unspecified atom stereocenters. The summed E-state index contributed by atoms with van der Waals surface area (Å²) in [5.41, 5.74) is 0. The van der Waals surface area contributed by atoms with E-state index in [1.165, 1.54) is 0 Å². The molecule has 2 aliphatic heterocycles. The molecule has 2 aliphatic rings. The van der Waals surface area contributed by atoms with E-state index in [-0.39, 0.29) is 5.92 Å². The molecule has 0 aliphatic carbocycles. The molecular weight excluding hydrogens is 154 g/mol. The first-order chi connectivity index (χ1) is 5.88. The van der Waals surface area contributed by atoms with Gasteiger partial charge in [0.25, 0.3) is 0 Å². The number of nitrogens with zero attached hydrogens (tertiary/aromatic N) is 2. The second-order valence-electron chi connectivity index (χ2n) is 3.35. The van der Waals surface area contributed by atoms with Gasteiger partial charge in [0.1, 0.15) is 0 Å². The Morgan fingerprint density at radius 3 is 2.50 bits per heavy atom. The number of amides is 1. The number of rotatable bonds is 1. The topological polar surface area (TPSA) is 46.4 Å². The minimum Gasteiger partial charge on any atom is -0.340 e. The van der Waals surface area contributed by atoms with E-state index < -0.39 is 0 Å². The van der Waals surface area contributed by atoms with Crippen molar-refractivity contribution in [3.05, 3.63) is 0 Å². The van der Waals surface area contributed by atoms with Gasteiger partial charge in [0.2, 0.25) is 5.91 Å². The summed E-state index contributed by atoms with van der Waals surface area (Å²) in [6.45, 7) is 5.04. The van der Waals surface area contributed by atoms with E-state index in [1.54, 1.807) is 0 Å². The lowest BCUT2D eigenvalue weighted by molar-refractivity contribution is -0.137. The van der Waals surface area contributed by atoms with Gasteiger partial charge in [-0.3, -0.25) is 4.79 Å². The lowest BCUT2D eigenvalue weighted by atomic mass is 10.0. The monoisotopic (exact) mass is 168 g/mol. The fourth-order valence-electron chi connectivity index (χ4n) is 1.55. The summed E-state index contributed by atoms with van der Waals surface area (Å²) in [6, 6.07) is 0. The largest absolute Gasteiger partial charge is 0.340 e. The Balaban J connectivity index is 1.84. The third-order valence-electron chi connectivity index (χ3n) is 2.50. The van der Waals surface area contributed by atoms with E-state index >= 15 is 0 Å². The van der Waals surface area contributed by atoms with Crippen molar-refractivity contribution < 1.29 is 4.79 Å². The fourth-order valence-corrected chi connectivity index (χ4v) is 1.55. The zero-order valence-electron chi connectivity index (χ0n) is 7.12. The van der Waals surface area contributed by atoms with Gasteiger partial charge in [-0.25, -0.2) is 5.32 Å². The molecule has 0 bridgehead atoms. The van der Waals surface area contributed by atoms with E-state index in [1.807, 2.05) is 4.90 Å². The van der Waals surface area contributed by atoms with Gasteiger partial charge in [-0.1, -0.05) is 0 Å². The maximum Gasteiger partial charge on any atom is 0.228 e. The molecule has 2 saturated heterocycles. The third-order valence-corrected chi connectivity index (χ3v) is 2.50. The second-order valence-corrected chi connectivity index (χ2v) is 3.35. The van der Waals surface area contributed by atoms with Crippen LogP contribution in [0.2, 0.25) is 0 Å². The van der Waals surface area contributed by atoms with E-state index in [9.17, 15) is 4.79 Å². The summed E-state index contributed by atoms with van der Waals surface area (Å²) in [7, 11) is 0. The highest BCUT2D eigenvalue weighted by molar-refractivity contribution is 5.80. The third kappa shape index (κ3) is 1.44. The Bertz CT molecular complexity index is 173. The molecule has 0 atom stereocenters.